The third kappa shape index (κ3) is 2.92. The molecule has 0 saturated heterocycles. The lowest BCUT2D eigenvalue weighted by Gasteiger charge is -2.23. The van der Waals surface area contributed by atoms with Gasteiger partial charge in [0, 0.05) is 18.4 Å². The van der Waals surface area contributed by atoms with Crippen LogP contribution in [0.2, 0.25) is 0 Å². The van der Waals surface area contributed by atoms with Crippen LogP contribution in [0, 0.1) is 11.8 Å². The van der Waals surface area contributed by atoms with E-state index in [9.17, 15) is 9.59 Å². The van der Waals surface area contributed by atoms with Crippen molar-refractivity contribution < 1.29 is 19.1 Å². The zero-order valence-corrected chi connectivity index (χ0v) is 12.5. The van der Waals surface area contributed by atoms with Gasteiger partial charge < -0.3 is 9.47 Å². The Kier molecular flexibility index (Phi) is 4.64. The number of ketones is 2. The van der Waals surface area contributed by atoms with Gasteiger partial charge in [0.1, 0.15) is 29.0 Å². The summed E-state index contributed by atoms with van der Waals surface area (Å²) in [5, 5.41) is 0. The maximum Gasteiger partial charge on any atom is 0.148 e. The molecular formula is C17H18O4. The summed E-state index contributed by atoms with van der Waals surface area (Å²) in [5.41, 5.74) is 1.25. The summed E-state index contributed by atoms with van der Waals surface area (Å²) >= 11 is 0. The third-order valence-electron chi connectivity index (χ3n) is 3.59. The van der Waals surface area contributed by atoms with E-state index in [2.05, 4.69) is 11.8 Å². The Hall–Kier alpha value is -2.28. The molecule has 0 aliphatic heterocycles. The van der Waals surface area contributed by atoms with E-state index < -0.39 is 5.92 Å². The zero-order valence-electron chi connectivity index (χ0n) is 12.5. The minimum atomic E-state index is -0.785. The molecule has 0 radical (unpaired) electrons. The van der Waals surface area contributed by atoms with E-state index in [0.717, 1.165) is 5.56 Å². The lowest BCUT2D eigenvalue weighted by molar-refractivity contribution is -0.131. The maximum atomic E-state index is 12.2. The molecule has 0 atom stereocenters. The van der Waals surface area contributed by atoms with Crippen LogP contribution >= 0.6 is 0 Å². The molecule has 110 valence electrons. The highest BCUT2D eigenvalue weighted by atomic mass is 16.5. The van der Waals surface area contributed by atoms with Gasteiger partial charge >= 0.3 is 0 Å². The van der Waals surface area contributed by atoms with Crippen LogP contribution in [-0.2, 0) is 9.59 Å². The fourth-order valence-electron chi connectivity index (χ4n) is 2.67. The van der Waals surface area contributed by atoms with Gasteiger partial charge in [0.15, 0.2) is 0 Å². The Bertz CT molecular complexity index is 593. The van der Waals surface area contributed by atoms with E-state index in [1.54, 1.807) is 19.1 Å². The van der Waals surface area contributed by atoms with Crippen LogP contribution in [0.3, 0.4) is 0 Å². The molecule has 0 amide bonds. The van der Waals surface area contributed by atoms with E-state index in [-0.39, 0.29) is 11.6 Å². The summed E-state index contributed by atoms with van der Waals surface area (Å²) in [4.78, 5) is 24.4. The average Bonchev–Trinajstić information content (AvgIpc) is 2.47. The highest BCUT2D eigenvalue weighted by Crippen LogP contribution is 2.40. The van der Waals surface area contributed by atoms with Gasteiger partial charge in [-0.05, 0) is 25.5 Å². The van der Waals surface area contributed by atoms with Gasteiger partial charge in [0.05, 0.1) is 19.8 Å². The summed E-state index contributed by atoms with van der Waals surface area (Å²) in [6.07, 6.45) is 1.46. The number of Topliss-reactive ketones (excluding diaryl/α,β-unsaturated/α-hetero) is 2. The van der Waals surface area contributed by atoms with Gasteiger partial charge in [0.2, 0.25) is 0 Å². The topological polar surface area (TPSA) is 52.6 Å². The monoisotopic (exact) mass is 286 g/mol. The molecule has 0 unspecified atom stereocenters. The lowest BCUT2D eigenvalue weighted by atomic mass is 9.80. The molecule has 0 heterocycles. The number of hydrogen-bond acceptors (Lipinski definition) is 4. The van der Waals surface area contributed by atoms with Crippen molar-refractivity contribution in [2.45, 2.75) is 32.1 Å². The predicted octanol–water partition coefficient (Wildman–Crippen LogP) is 2.48. The Balaban J connectivity index is 2.62. The van der Waals surface area contributed by atoms with Gasteiger partial charge in [0.25, 0.3) is 0 Å². The van der Waals surface area contributed by atoms with Gasteiger partial charge in [-0.3, -0.25) is 9.59 Å². The first-order valence-electron chi connectivity index (χ1n) is 6.86. The summed E-state index contributed by atoms with van der Waals surface area (Å²) in [7, 11) is 3.03. The number of carbonyl (C=O) groups is 2. The third-order valence-corrected chi connectivity index (χ3v) is 3.59. The summed E-state index contributed by atoms with van der Waals surface area (Å²) in [6, 6.07) is 3.48. The van der Waals surface area contributed by atoms with Crippen molar-refractivity contribution in [3.8, 4) is 23.3 Å². The molecular weight excluding hydrogens is 268 g/mol. The van der Waals surface area contributed by atoms with E-state index in [1.165, 1.54) is 14.2 Å². The first-order chi connectivity index (χ1) is 10.1. The van der Waals surface area contributed by atoms with Gasteiger partial charge in [-0.25, -0.2) is 0 Å². The predicted molar refractivity (Wildman–Crippen MR) is 78.7 cm³/mol. The zero-order chi connectivity index (χ0) is 15.4. The smallest absolute Gasteiger partial charge is 0.148 e. The second kappa shape index (κ2) is 6.45. The number of benzene rings is 1. The molecule has 1 aliphatic carbocycles. The van der Waals surface area contributed by atoms with E-state index >= 15 is 0 Å². The Morgan fingerprint density at radius 3 is 2.00 bits per heavy atom. The molecule has 4 heteroatoms. The second-order valence-electron chi connectivity index (χ2n) is 4.89. The molecule has 1 aromatic rings. The summed E-state index contributed by atoms with van der Waals surface area (Å²) in [6.45, 7) is 1.74. The number of ether oxygens (including phenoxy) is 2. The van der Waals surface area contributed by atoms with Crippen LogP contribution in [0.5, 0.6) is 11.5 Å². The molecule has 1 aliphatic rings. The largest absolute Gasteiger partial charge is 0.496 e. The minimum Gasteiger partial charge on any atom is -0.496 e. The SMILES string of the molecule is CC#Cc1cc(OC)c(C2C(=O)CCCC2=O)c(OC)c1. The number of hydrogen-bond donors (Lipinski definition) is 0. The number of rotatable bonds is 3. The van der Waals surface area contributed by atoms with Gasteiger partial charge in [-0.2, -0.15) is 0 Å². The van der Waals surface area contributed by atoms with Crippen LogP contribution in [0.15, 0.2) is 12.1 Å². The normalized spacial score (nSPS) is 15.4. The Morgan fingerprint density at radius 2 is 1.57 bits per heavy atom. The molecule has 4 nitrogen and oxygen atoms in total. The van der Waals surface area contributed by atoms with Crippen LogP contribution in [0.1, 0.15) is 43.2 Å². The van der Waals surface area contributed by atoms with Crippen LogP contribution in [0.4, 0.5) is 0 Å². The fourth-order valence-corrected chi connectivity index (χ4v) is 2.67. The average molecular weight is 286 g/mol. The lowest BCUT2D eigenvalue weighted by Crippen LogP contribution is -2.27. The van der Waals surface area contributed by atoms with Crippen LogP contribution in [-0.4, -0.2) is 25.8 Å². The van der Waals surface area contributed by atoms with Crippen molar-refractivity contribution in [3.63, 3.8) is 0 Å². The van der Waals surface area contributed by atoms with Crippen LogP contribution < -0.4 is 9.47 Å². The van der Waals surface area contributed by atoms with Crippen molar-refractivity contribution in [3.05, 3.63) is 23.3 Å². The molecule has 0 spiro atoms. The Labute approximate surface area is 124 Å². The number of carbonyl (C=O) groups excluding carboxylic acids is 2. The van der Waals surface area contributed by atoms with Crippen molar-refractivity contribution in [1.82, 2.24) is 0 Å². The molecule has 0 aromatic heterocycles. The van der Waals surface area contributed by atoms with Crippen molar-refractivity contribution in [1.29, 1.82) is 0 Å². The molecule has 21 heavy (non-hydrogen) atoms. The first-order valence-corrected chi connectivity index (χ1v) is 6.86. The van der Waals surface area contributed by atoms with E-state index in [0.29, 0.717) is 36.3 Å². The molecule has 1 saturated carbocycles. The van der Waals surface area contributed by atoms with Crippen molar-refractivity contribution in [2.24, 2.45) is 0 Å². The first kappa shape index (κ1) is 15.1. The summed E-state index contributed by atoms with van der Waals surface area (Å²) in [5.74, 6) is 5.75. The van der Waals surface area contributed by atoms with E-state index in [1.807, 2.05) is 0 Å². The minimum absolute atomic E-state index is 0.0721. The molecule has 1 fully saturated rings. The van der Waals surface area contributed by atoms with Crippen molar-refractivity contribution >= 4 is 11.6 Å². The number of methoxy groups -OCH3 is 2. The standard InChI is InChI=1S/C17H18O4/c1-4-6-11-9-14(20-2)17(15(10-11)21-3)16-12(18)7-5-8-13(16)19/h9-10,16H,5,7-8H2,1-3H3. The second-order valence-corrected chi connectivity index (χ2v) is 4.89. The Morgan fingerprint density at radius 1 is 1.05 bits per heavy atom. The van der Waals surface area contributed by atoms with Crippen molar-refractivity contribution in [2.75, 3.05) is 14.2 Å². The molecule has 0 N–H and O–H groups in total. The fraction of sp³-hybridized carbons (Fsp3) is 0.412. The van der Waals surface area contributed by atoms with Gasteiger partial charge in [-0.1, -0.05) is 5.92 Å². The quantitative estimate of drug-likeness (QED) is 0.633. The van der Waals surface area contributed by atoms with E-state index in [4.69, 9.17) is 9.47 Å². The molecule has 1 aromatic carbocycles. The maximum absolute atomic E-state index is 12.2. The highest BCUT2D eigenvalue weighted by Gasteiger charge is 2.36. The highest BCUT2D eigenvalue weighted by molar-refractivity contribution is 6.10. The van der Waals surface area contributed by atoms with Gasteiger partial charge in [-0.15, -0.1) is 5.92 Å². The molecule has 0 bridgehead atoms. The van der Waals surface area contributed by atoms with Crippen LogP contribution in [0.25, 0.3) is 0 Å². The summed E-state index contributed by atoms with van der Waals surface area (Å²) < 4.78 is 10.7. The molecule has 2 rings (SSSR count).